The number of carbonyl (C=O) groups excluding carboxylic acids is 3. The molecule has 1 atom stereocenters. The van der Waals surface area contributed by atoms with E-state index in [1.807, 2.05) is 32.0 Å². The third kappa shape index (κ3) is 2.29. The Morgan fingerprint density at radius 3 is 2.59 bits per heavy atom. The van der Waals surface area contributed by atoms with E-state index in [0.29, 0.717) is 16.9 Å². The number of likely N-dealkylation sites (N-methyl/N-ethyl adjacent to an activating group) is 1. The molecule has 0 radical (unpaired) electrons. The number of carbonyl (C=O) groups is 3. The van der Waals surface area contributed by atoms with E-state index in [2.05, 4.69) is 5.32 Å². The second-order valence-corrected chi connectivity index (χ2v) is 7.13. The van der Waals surface area contributed by atoms with Gasteiger partial charge in [-0.25, -0.2) is 0 Å². The zero-order valence-electron chi connectivity index (χ0n) is 15.6. The molecule has 6 heteroatoms. The van der Waals surface area contributed by atoms with Gasteiger partial charge < -0.3 is 10.2 Å². The number of rotatable bonds is 2. The lowest BCUT2D eigenvalue weighted by atomic mass is 9.96. The Morgan fingerprint density at radius 1 is 1.07 bits per heavy atom. The minimum absolute atomic E-state index is 0.155. The molecule has 27 heavy (non-hydrogen) atoms. The second-order valence-electron chi connectivity index (χ2n) is 7.13. The lowest BCUT2D eigenvalue weighted by molar-refractivity contribution is -0.128. The van der Waals surface area contributed by atoms with Gasteiger partial charge in [-0.05, 0) is 43.2 Å². The summed E-state index contributed by atoms with van der Waals surface area (Å²) in [6.07, 6.45) is 0.477. The van der Waals surface area contributed by atoms with E-state index in [9.17, 15) is 14.4 Å². The predicted molar refractivity (Wildman–Crippen MR) is 103 cm³/mol. The first-order valence-corrected chi connectivity index (χ1v) is 8.96. The first kappa shape index (κ1) is 17.3. The number of fused-ring (bicyclic) bond motifs is 3. The first-order valence-electron chi connectivity index (χ1n) is 8.96. The maximum atomic E-state index is 13.4. The summed E-state index contributed by atoms with van der Waals surface area (Å²) in [5.74, 6) is -0.780. The van der Waals surface area contributed by atoms with Crippen molar-refractivity contribution in [1.29, 1.82) is 0 Å². The number of anilines is 2. The molecule has 0 saturated carbocycles. The van der Waals surface area contributed by atoms with Crippen molar-refractivity contribution >= 4 is 29.1 Å². The SMILES string of the molecule is Cc1cccc(NC(=O)C23CCC(=O)N2c2ccccc2C(=O)N3C)c1C. The molecule has 2 aliphatic heterocycles. The van der Waals surface area contributed by atoms with Gasteiger partial charge in [-0.2, -0.15) is 0 Å². The van der Waals surface area contributed by atoms with Crippen LogP contribution in [-0.4, -0.2) is 35.3 Å². The fraction of sp³-hybridized carbons (Fsp3) is 0.286. The molecule has 2 aliphatic rings. The Morgan fingerprint density at radius 2 is 1.81 bits per heavy atom. The van der Waals surface area contributed by atoms with Crippen LogP contribution in [0.1, 0.15) is 34.3 Å². The Bertz CT molecular complexity index is 984. The van der Waals surface area contributed by atoms with Gasteiger partial charge in [0.25, 0.3) is 11.8 Å². The zero-order chi connectivity index (χ0) is 19.3. The molecule has 2 heterocycles. The molecule has 1 unspecified atom stereocenters. The highest BCUT2D eigenvalue weighted by molar-refractivity contribution is 6.18. The maximum Gasteiger partial charge on any atom is 0.271 e. The highest BCUT2D eigenvalue weighted by Crippen LogP contribution is 2.44. The molecule has 138 valence electrons. The van der Waals surface area contributed by atoms with Gasteiger partial charge >= 0.3 is 0 Å². The molecule has 4 rings (SSSR count). The monoisotopic (exact) mass is 363 g/mol. The van der Waals surface area contributed by atoms with Crippen molar-refractivity contribution in [1.82, 2.24) is 4.90 Å². The highest BCUT2D eigenvalue weighted by Gasteiger charge is 2.59. The van der Waals surface area contributed by atoms with Crippen molar-refractivity contribution in [3.05, 3.63) is 59.2 Å². The lowest BCUT2D eigenvalue weighted by Gasteiger charge is -2.47. The molecule has 0 aromatic heterocycles. The van der Waals surface area contributed by atoms with Crippen LogP contribution in [0.3, 0.4) is 0 Å². The fourth-order valence-electron chi connectivity index (χ4n) is 4.04. The van der Waals surface area contributed by atoms with E-state index < -0.39 is 5.66 Å². The summed E-state index contributed by atoms with van der Waals surface area (Å²) in [5, 5.41) is 2.96. The Balaban J connectivity index is 1.82. The molecule has 3 amide bonds. The van der Waals surface area contributed by atoms with Crippen molar-refractivity contribution in [3.8, 4) is 0 Å². The molecule has 0 aliphatic carbocycles. The van der Waals surface area contributed by atoms with Crippen LogP contribution in [0.25, 0.3) is 0 Å². The lowest BCUT2D eigenvalue weighted by Crippen LogP contribution is -2.68. The molecule has 0 spiro atoms. The smallest absolute Gasteiger partial charge is 0.271 e. The molecule has 1 N–H and O–H groups in total. The first-order chi connectivity index (χ1) is 12.9. The summed E-state index contributed by atoms with van der Waals surface area (Å²) in [6, 6.07) is 12.6. The summed E-state index contributed by atoms with van der Waals surface area (Å²) in [6.45, 7) is 3.91. The van der Waals surface area contributed by atoms with E-state index in [4.69, 9.17) is 0 Å². The Labute approximate surface area is 157 Å². The number of aryl methyl sites for hydroxylation is 1. The number of nitrogens with zero attached hydrogens (tertiary/aromatic N) is 2. The molecule has 1 saturated heterocycles. The maximum absolute atomic E-state index is 13.4. The van der Waals surface area contributed by atoms with Gasteiger partial charge in [-0.3, -0.25) is 19.3 Å². The number of hydrogen-bond donors (Lipinski definition) is 1. The van der Waals surface area contributed by atoms with Crippen molar-refractivity contribution < 1.29 is 14.4 Å². The Hall–Kier alpha value is -3.15. The van der Waals surface area contributed by atoms with Crippen LogP contribution in [-0.2, 0) is 9.59 Å². The summed E-state index contributed by atoms with van der Waals surface area (Å²) < 4.78 is 0. The molecule has 0 bridgehead atoms. The molecular formula is C21H21N3O3. The summed E-state index contributed by atoms with van der Waals surface area (Å²) in [4.78, 5) is 42.0. The van der Waals surface area contributed by atoms with Crippen LogP contribution in [0.4, 0.5) is 11.4 Å². The van der Waals surface area contributed by atoms with Gasteiger partial charge in [0, 0.05) is 25.6 Å². The van der Waals surface area contributed by atoms with Crippen molar-refractivity contribution in [2.45, 2.75) is 32.4 Å². The van der Waals surface area contributed by atoms with E-state index in [1.165, 1.54) is 9.80 Å². The quantitative estimate of drug-likeness (QED) is 0.892. The predicted octanol–water partition coefficient (Wildman–Crippen LogP) is 2.85. The van der Waals surface area contributed by atoms with E-state index >= 15 is 0 Å². The van der Waals surface area contributed by atoms with Gasteiger partial charge in [0.1, 0.15) is 0 Å². The van der Waals surface area contributed by atoms with Crippen molar-refractivity contribution in [2.75, 3.05) is 17.3 Å². The van der Waals surface area contributed by atoms with Crippen LogP contribution >= 0.6 is 0 Å². The third-order valence-electron chi connectivity index (χ3n) is 5.76. The zero-order valence-corrected chi connectivity index (χ0v) is 15.6. The van der Waals surface area contributed by atoms with Gasteiger partial charge in [0.15, 0.2) is 0 Å². The number of para-hydroxylation sites is 1. The number of amides is 3. The second kappa shape index (κ2) is 5.94. The van der Waals surface area contributed by atoms with Crippen LogP contribution < -0.4 is 10.2 Å². The van der Waals surface area contributed by atoms with E-state index in [0.717, 1.165) is 11.1 Å². The normalized spacial score (nSPS) is 21.1. The average Bonchev–Trinajstić information content (AvgIpc) is 3.02. The minimum atomic E-state index is -1.35. The van der Waals surface area contributed by atoms with Crippen molar-refractivity contribution in [2.24, 2.45) is 0 Å². The largest absolute Gasteiger partial charge is 0.322 e. The van der Waals surface area contributed by atoms with E-state index in [-0.39, 0.29) is 30.6 Å². The fourth-order valence-corrected chi connectivity index (χ4v) is 4.04. The Kier molecular flexibility index (Phi) is 3.80. The topological polar surface area (TPSA) is 69.7 Å². The van der Waals surface area contributed by atoms with Gasteiger partial charge in [0.05, 0.1) is 11.3 Å². The molecule has 1 fully saturated rings. The van der Waals surface area contributed by atoms with Gasteiger partial charge in [0.2, 0.25) is 11.6 Å². The van der Waals surface area contributed by atoms with Crippen LogP contribution in [0.5, 0.6) is 0 Å². The molecular weight excluding hydrogens is 342 g/mol. The minimum Gasteiger partial charge on any atom is -0.322 e. The molecule has 2 aromatic rings. The van der Waals surface area contributed by atoms with Gasteiger partial charge in [-0.15, -0.1) is 0 Å². The number of benzene rings is 2. The average molecular weight is 363 g/mol. The van der Waals surface area contributed by atoms with Crippen LogP contribution in [0, 0.1) is 13.8 Å². The highest BCUT2D eigenvalue weighted by atomic mass is 16.2. The molecule has 2 aromatic carbocycles. The summed E-state index contributed by atoms with van der Waals surface area (Å²) in [7, 11) is 1.59. The van der Waals surface area contributed by atoms with Gasteiger partial charge in [-0.1, -0.05) is 24.3 Å². The van der Waals surface area contributed by atoms with Crippen LogP contribution in [0.2, 0.25) is 0 Å². The summed E-state index contributed by atoms with van der Waals surface area (Å²) in [5.41, 5.74) is 2.29. The van der Waals surface area contributed by atoms with Crippen LogP contribution in [0.15, 0.2) is 42.5 Å². The summed E-state index contributed by atoms with van der Waals surface area (Å²) >= 11 is 0. The molecule has 6 nitrogen and oxygen atoms in total. The van der Waals surface area contributed by atoms with E-state index in [1.54, 1.807) is 31.3 Å². The number of nitrogens with one attached hydrogen (secondary N) is 1. The van der Waals surface area contributed by atoms with Crippen molar-refractivity contribution in [3.63, 3.8) is 0 Å². The number of hydrogen-bond acceptors (Lipinski definition) is 3. The standard InChI is InChI=1S/C21H21N3O3/c1-13-7-6-9-16(14(13)2)22-20(27)21-12-11-18(25)24(21)17-10-5-4-8-15(17)19(26)23(21)3/h4-10H,11-12H2,1-3H3,(H,22,27). The third-order valence-corrected chi connectivity index (χ3v) is 5.76.